The first-order valence-electron chi connectivity index (χ1n) is 7.97. The largest absolute Gasteiger partial charge is 0.409 e. The number of nitrogens with zero attached hydrogens (tertiary/aromatic N) is 2. The third-order valence-electron chi connectivity index (χ3n) is 4.87. The Kier molecular flexibility index (Phi) is 5.26. The van der Waals surface area contributed by atoms with Gasteiger partial charge in [0.15, 0.2) is 5.84 Å². The molecule has 5 heteroatoms. The molecule has 0 bridgehead atoms. The summed E-state index contributed by atoms with van der Waals surface area (Å²) in [5.41, 5.74) is 5.73. The van der Waals surface area contributed by atoms with E-state index in [1.807, 2.05) is 11.8 Å². The minimum absolute atomic E-state index is 0.0646. The average Bonchev–Trinajstić information content (AvgIpc) is 2.50. The van der Waals surface area contributed by atoms with Crippen LogP contribution in [-0.4, -0.2) is 34.4 Å². The van der Waals surface area contributed by atoms with Crippen LogP contribution in [0.15, 0.2) is 5.16 Å². The van der Waals surface area contributed by atoms with E-state index in [0.29, 0.717) is 18.4 Å². The van der Waals surface area contributed by atoms with Gasteiger partial charge < -0.3 is 15.8 Å². The van der Waals surface area contributed by atoms with Crippen LogP contribution in [0.25, 0.3) is 0 Å². The van der Waals surface area contributed by atoms with Crippen molar-refractivity contribution in [2.24, 2.45) is 22.7 Å². The quantitative estimate of drug-likeness (QED) is 0.359. The highest BCUT2D eigenvalue weighted by atomic mass is 16.4. The number of rotatable bonds is 4. The summed E-state index contributed by atoms with van der Waals surface area (Å²) in [6.07, 6.45) is 8.71. The fourth-order valence-corrected chi connectivity index (χ4v) is 3.85. The maximum absolute atomic E-state index is 12.8. The molecule has 3 N–H and O–H groups in total. The Hall–Kier alpha value is -1.26. The Morgan fingerprint density at radius 3 is 2.75 bits per heavy atom. The molecule has 1 saturated heterocycles. The summed E-state index contributed by atoms with van der Waals surface area (Å²) in [6, 6.07) is 0.385. The van der Waals surface area contributed by atoms with E-state index in [9.17, 15) is 4.79 Å². The standard InChI is InChI=1S/C15H27N3O2/c1-2-6-12(14(16)17-20)15(19)18-10-5-8-11-7-3-4-9-13(11)18/h11-13,20H,2-10H2,1H3,(H2,16,17). The molecular formula is C15H27N3O2. The van der Waals surface area contributed by atoms with E-state index in [-0.39, 0.29) is 11.7 Å². The van der Waals surface area contributed by atoms with Gasteiger partial charge in [0.25, 0.3) is 0 Å². The van der Waals surface area contributed by atoms with Crippen LogP contribution >= 0.6 is 0 Å². The monoisotopic (exact) mass is 281 g/mol. The summed E-state index contributed by atoms with van der Waals surface area (Å²) in [7, 11) is 0. The van der Waals surface area contributed by atoms with E-state index in [2.05, 4.69) is 5.16 Å². The number of piperidine rings is 1. The Bertz CT molecular complexity index is 368. The zero-order chi connectivity index (χ0) is 14.5. The molecule has 0 radical (unpaired) electrons. The van der Waals surface area contributed by atoms with Gasteiger partial charge in [0.05, 0.1) is 5.92 Å². The lowest BCUT2D eigenvalue weighted by Gasteiger charge is -2.45. The van der Waals surface area contributed by atoms with Crippen LogP contribution in [0, 0.1) is 11.8 Å². The average molecular weight is 281 g/mol. The number of fused-ring (bicyclic) bond motifs is 1. The SMILES string of the molecule is CCCC(C(=O)N1CCCC2CCCCC21)C(N)=NO. The molecule has 1 aliphatic carbocycles. The Balaban J connectivity index is 2.12. The van der Waals surface area contributed by atoms with Crippen LogP contribution in [0.3, 0.4) is 0 Å². The highest BCUT2D eigenvalue weighted by molar-refractivity contribution is 6.02. The van der Waals surface area contributed by atoms with Gasteiger partial charge in [-0.25, -0.2) is 0 Å². The highest BCUT2D eigenvalue weighted by Crippen LogP contribution is 2.36. The minimum Gasteiger partial charge on any atom is -0.409 e. The van der Waals surface area contributed by atoms with Crippen LogP contribution in [-0.2, 0) is 4.79 Å². The van der Waals surface area contributed by atoms with Gasteiger partial charge in [0.2, 0.25) is 5.91 Å². The lowest BCUT2D eigenvalue weighted by Crippen LogP contribution is -2.53. The Labute approximate surface area is 121 Å². The minimum atomic E-state index is -0.453. The molecule has 2 aliphatic rings. The van der Waals surface area contributed by atoms with E-state index in [1.54, 1.807) is 0 Å². The summed E-state index contributed by atoms with van der Waals surface area (Å²) in [5, 5.41) is 12.0. The van der Waals surface area contributed by atoms with Crippen molar-refractivity contribution >= 4 is 11.7 Å². The van der Waals surface area contributed by atoms with Crippen LogP contribution in [0.1, 0.15) is 58.3 Å². The molecule has 3 atom stereocenters. The van der Waals surface area contributed by atoms with Gasteiger partial charge in [-0.1, -0.05) is 31.3 Å². The lowest BCUT2D eigenvalue weighted by molar-refractivity contribution is -0.140. The van der Waals surface area contributed by atoms with Gasteiger partial charge in [0, 0.05) is 12.6 Å². The van der Waals surface area contributed by atoms with Crippen molar-refractivity contribution in [2.75, 3.05) is 6.54 Å². The molecule has 20 heavy (non-hydrogen) atoms. The van der Waals surface area contributed by atoms with Crippen LogP contribution < -0.4 is 5.73 Å². The van der Waals surface area contributed by atoms with Gasteiger partial charge in [-0.3, -0.25) is 4.79 Å². The molecule has 3 unspecified atom stereocenters. The molecule has 1 saturated carbocycles. The molecule has 0 aromatic carbocycles. The third-order valence-corrected chi connectivity index (χ3v) is 4.87. The van der Waals surface area contributed by atoms with E-state index in [0.717, 1.165) is 25.8 Å². The van der Waals surface area contributed by atoms with Crippen LogP contribution in [0.5, 0.6) is 0 Å². The van der Waals surface area contributed by atoms with Crippen molar-refractivity contribution in [3.05, 3.63) is 0 Å². The second kappa shape index (κ2) is 6.95. The van der Waals surface area contributed by atoms with E-state index in [4.69, 9.17) is 10.9 Å². The van der Waals surface area contributed by atoms with Crippen molar-refractivity contribution in [3.63, 3.8) is 0 Å². The first-order valence-corrected chi connectivity index (χ1v) is 7.97. The third kappa shape index (κ3) is 3.07. The molecule has 5 nitrogen and oxygen atoms in total. The van der Waals surface area contributed by atoms with E-state index >= 15 is 0 Å². The molecule has 114 valence electrons. The van der Waals surface area contributed by atoms with Crippen molar-refractivity contribution in [1.29, 1.82) is 0 Å². The number of likely N-dealkylation sites (tertiary alicyclic amines) is 1. The summed E-state index contributed by atoms with van der Waals surface area (Å²) in [5.74, 6) is 0.343. The maximum atomic E-state index is 12.8. The van der Waals surface area contributed by atoms with E-state index in [1.165, 1.54) is 25.7 Å². The fourth-order valence-electron chi connectivity index (χ4n) is 3.85. The van der Waals surface area contributed by atoms with E-state index < -0.39 is 5.92 Å². The topological polar surface area (TPSA) is 78.9 Å². The van der Waals surface area contributed by atoms with Crippen LogP contribution in [0.4, 0.5) is 0 Å². The number of amidine groups is 1. The van der Waals surface area contributed by atoms with Crippen molar-refractivity contribution in [1.82, 2.24) is 4.90 Å². The van der Waals surface area contributed by atoms with Crippen molar-refractivity contribution in [3.8, 4) is 0 Å². The van der Waals surface area contributed by atoms with Crippen LogP contribution in [0.2, 0.25) is 0 Å². The molecule has 1 heterocycles. The first-order chi connectivity index (χ1) is 9.69. The number of hydrogen-bond donors (Lipinski definition) is 2. The van der Waals surface area contributed by atoms with Gasteiger partial charge in [-0.15, -0.1) is 0 Å². The maximum Gasteiger partial charge on any atom is 0.233 e. The van der Waals surface area contributed by atoms with Gasteiger partial charge in [-0.2, -0.15) is 0 Å². The number of amides is 1. The summed E-state index contributed by atoms with van der Waals surface area (Å²) in [4.78, 5) is 14.8. The van der Waals surface area contributed by atoms with Crippen molar-refractivity contribution in [2.45, 2.75) is 64.3 Å². The molecule has 1 aliphatic heterocycles. The smallest absolute Gasteiger partial charge is 0.233 e. The number of oxime groups is 1. The Morgan fingerprint density at radius 2 is 2.05 bits per heavy atom. The van der Waals surface area contributed by atoms with Gasteiger partial charge in [0.1, 0.15) is 0 Å². The summed E-state index contributed by atoms with van der Waals surface area (Å²) >= 11 is 0. The Morgan fingerprint density at radius 1 is 1.35 bits per heavy atom. The molecule has 1 amide bonds. The fraction of sp³-hybridized carbons (Fsp3) is 0.867. The second-order valence-corrected chi connectivity index (χ2v) is 6.15. The molecule has 0 spiro atoms. The number of nitrogens with two attached hydrogens (primary N) is 1. The summed E-state index contributed by atoms with van der Waals surface area (Å²) in [6.45, 7) is 2.85. The molecule has 2 fully saturated rings. The number of hydrogen-bond acceptors (Lipinski definition) is 3. The van der Waals surface area contributed by atoms with Gasteiger partial charge in [-0.05, 0) is 38.0 Å². The predicted molar refractivity (Wildman–Crippen MR) is 78.5 cm³/mol. The molecule has 2 rings (SSSR count). The van der Waals surface area contributed by atoms with Gasteiger partial charge >= 0.3 is 0 Å². The molecule has 0 aromatic heterocycles. The number of carbonyl (C=O) groups excluding carboxylic acids is 1. The first kappa shape index (κ1) is 15.1. The highest BCUT2D eigenvalue weighted by Gasteiger charge is 2.38. The number of carbonyl (C=O) groups is 1. The zero-order valence-electron chi connectivity index (χ0n) is 12.4. The zero-order valence-corrected chi connectivity index (χ0v) is 12.4. The summed E-state index contributed by atoms with van der Waals surface area (Å²) < 4.78 is 0. The normalized spacial score (nSPS) is 28.9. The molecule has 0 aromatic rings. The lowest BCUT2D eigenvalue weighted by atomic mass is 9.78. The second-order valence-electron chi connectivity index (χ2n) is 6.15. The van der Waals surface area contributed by atoms with Crippen molar-refractivity contribution < 1.29 is 10.0 Å². The predicted octanol–water partition coefficient (Wildman–Crippen LogP) is 2.33. The molecular weight excluding hydrogens is 254 g/mol.